The van der Waals surface area contributed by atoms with Crippen molar-refractivity contribution in [2.45, 2.75) is 33.6 Å². The molecule has 0 saturated carbocycles. The monoisotopic (exact) mass is 371 g/mol. The van der Waals surface area contributed by atoms with Crippen molar-refractivity contribution in [3.05, 3.63) is 58.0 Å². The number of aromatic nitrogens is 2. The van der Waals surface area contributed by atoms with Crippen LogP contribution in [-0.2, 0) is 6.42 Å². The lowest BCUT2D eigenvalue weighted by Gasteiger charge is -2.13. The van der Waals surface area contributed by atoms with E-state index in [1.807, 2.05) is 42.6 Å². The van der Waals surface area contributed by atoms with Crippen molar-refractivity contribution in [1.29, 1.82) is 0 Å². The molecule has 0 spiro atoms. The highest BCUT2D eigenvalue weighted by Gasteiger charge is 2.21. The summed E-state index contributed by atoms with van der Waals surface area (Å²) in [6.07, 6.45) is 3.51. The third-order valence-corrected chi connectivity index (χ3v) is 4.76. The molecule has 0 aliphatic carbocycles. The number of fused-ring (bicyclic) bond motifs is 1. The number of carbonyl (C=O) groups excluding carboxylic acids is 1. The first-order chi connectivity index (χ1) is 12.5. The molecule has 1 N–H and O–H groups in total. The Morgan fingerprint density at radius 2 is 2.08 bits per heavy atom. The van der Waals surface area contributed by atoms with Gasteiger partial charge in [-0.1, -0.05) is 31.0 Å². The Hall–Kier alpha value is -2.53. The van der Waals surface area contributed by atoms with E-state index in [-0.39, 0.29) is 5.91 Å². The highest BCUT2D eigenvalue weighted by molar-refractivity contribution is 6.31. The highest BCUT2D eigenvalue weighted by atomic mass is 35.5. The second kappa shape index (κ2) is 7.38. The maximum absolute atomic E-state index is 13.1. The van der Waals surface area contributed by atoms with Crippen LogP contribution in [0.4, 0.5) is 5.69 Å². The number of hydrogen-bond donors (Lipinski definition) is 1. The van der Waals surface area contributed by atoms with Gasteiger partial charge in [0.05, 0.1) is 18.5 Å². The number of amides is 1. The fraction of sp³-hybridized carbons (Fsp3) is 0.300. The normalized spacial score (nSPS) is 11.0. The molecule has 3 aromatic rings. The molecule has 1 aromatic carbocycles. The van der Waals surface area contributed by atoms with Gasteiger partial charge in [-0.05, 0) is 43.5 Å². The van der Waals surface area contributed by atoms with Gasteiger partial charge >= 0.3 is 0 Å². The summed E-state index contributed by atoms with van der Waals surface area (Å²) in [4.78, 5) is 17.8. The minimum absolute atomic E-state index is 0.216. The zero-order valence-corrected chi connectivity index (χ0v) is 16.1. The van der Waals surface area contributed by atoms with Gasteiger partial charge < -0.3 is 10.1 Å². The van der Waals surface area contributed by atoms with E-state index in [0.29, 0.717) is 22.2 Å². The first kappa shape index (κ1) is 18.3. The number of benzene rings is 1. The predicted octanol–water partition coefficient (Wildman–Crippen LogP) is 4.82. The third kappa shape index (κ3) is 3.27. The molecule has 0 aliphatic heterocycles. The Balaban J connectivity index is 2.07. The van der Waals surface area contributed by atoms with Crippen LogP contribution in [0.25, 0.3) is 5.65 Å². The first-order valence-electron chi connectivity index (χ1n) is 8.58. The Bertz CT molecular complexity index is 979. The molecule has 136 valence electrons. The summed E-state index contributed by atoms with van der Waals surface area (Å²) in [7, 11) is 1.55. The topological polar surface area (TPSA) is 55.6 Å². The number of nitrogens with zero attached hydrogens (tertiary/aromatic N) is 2. The number of ether oxygens (including phenoxy) is 1. The first-order valence-corrected chi connectivity index (χ1v) is 8.96. The molecule has 0 fully saturated rings. The molecular formula is C20H22ClN3O2. The standard InChI is InChI=1S/C20H22ClN3O2/c1-5-7-15-18(24-9-6-8-12(2)19(24)22-15)20(25)23-16-10-13(3)14(21)11-17(16)26-4/h6,8-11H,5,7H2,1-4H3,(H,23,25). The number of rotatable bonds is 5. The largest absolute Gasteiger partial charge is 0.495 e. The molecule has 26 heavy (non-hydrogen) atoms. The number of aryl methyl sites for hydroxylation is 3. The number of carbonyl (C=O) groups is 1. The van der Waals surface area contributed by atoms with Gasteiger partial charge in [-0.3, -0.25) is 9.20 Å². The van der Waals surface area contributed by atoms with E-state index < -0.39 is 0 Å². The van der Waals surface area contributed by atoms with Crippen molar-refractivity contribution in [3.63, 3.8) is 0 Å². The number of nitrogens with one attached hydrogen (secondary N) is 1. The van der Waals surface area contributed by atoms with Crippen molar-refractivity contribution in [2.24, 2.45) is 0 Å². The van der Waals surface area contributed by atoms with Gasteiger partial charge in [0.15, 0.2) is 0 Å². The van der Waals surface area contributed by atoms with Gasteiger partial charge in [-0.2, -0.15) is 0 Å². The van der Waals surface area contributed by atoms with E-state index >= 15 is 0 Å². The van der Waals surface area contributed by atoms with Gasteiger partial charge in [-0.25, -0.2) is 4.98 Å². The number of halogens is 1. The molecule has 1 amide bonds. The Morgan fingerprint density at radius 3 is 2.77 bits per heavy atom. The molecule has 0 aliphatic rings. The molecule has 2 aromatic heterocycles. The smallest absolute Gasteiger partial charge is 0.274 e. The number of imidazole rings is 1. The summed E-state index contributed by atoms with van der Waals surface area (Å²) in [6.45, 7) is 5.95. The van der Waals surface area contributed by atoms with Crippen LogP contribution in [0.5, 0.6) is 5.75 Å². The average Bonchev–Trinajstić information content (AvgIpc) is 2.98. The summed E-state index contributed by atoms with van der Waals surface area (Å²) >= 11 is 6.16. The third-order valence-electron chi connectivity index (χ3n) is 4.35. The van der Waals surface area contributed by atoms with Crippen LogP contribution in [0.3, 0.4) is 0 Å². The molecule has 5 nitrogen and oxygen atoms in total. The van der Waals surface area contributed by atoms with Crippen LogP contribution in [0.15, 0.2) is 30.5 Å². The number of pyridine rings is 1. The maximum Gasteiger partial charge on any atom is 0.274 e. The van der Waals surface area contributed by atoms with Crippen molar-refractivity contribution in [3.8, 4) is 5.75 Å². The molecule has 0 saturated heterocycles. The van der Waals surface area contributed by atoms with Crippen LogP contribution in [-0.4, -0.2) is 22.4 Å². The van der Waals surface area contributed by atoms with Crippen molar-refractivity contribution < 1.29 is 9.53 Å². The zero-order valence-electron chi connectivity index (χ0n) is 15.4. The molecule has 6 heteroatoms. The summed E-state index contributed by atoms with van der Waals surface area (Å²) in [6, 6.07) is 7.43. The average molecular weight is 372 g/mol. The quantitative estimate of drug-likeness (QED) is 0.699. The maximum atomic E-state index is 13.1. The van der Waals surface area contributed by atoms with Crippen molar-refractivity contribution in [2.75, 3.05) is 12.4 Å². The van der Waals surface area contributed by atoms with Gasteiger partial charge in [0.2, 0.25) is 0 Å². The Morgan fingerprint density at radius 1 is 1.31 bits per heavy atom. The van der Waals surface area contributed by atoms with E-state index in [0.717, 1.165) is 35.3 Å². The number of anilines is 1. The Labute approximate surface area is 158 Å². The van der Waals surface area contributed by atoms with Crippen molar-refractivity contribution >= 4 is 28.8 Å². The summed E-state index contributed by atoms with van der Waals surface area (Å²) in [5.41, 5.74) is 4.64. The Kier molecular flexibility index (Phi) is 5.18. The molecule has 0 atom stereocenters. The summed E-state index contributed by atoms with van der Waals surface area (Å²) in [5, 5.41) is 3.55. The summed E-state index contributed by atoms with van der Waals surface area (Å²) < 4.78 is 7.21. The van der Waals surface area contributed by atoms with Crippen LogP contribution in [0, 0.1) is 13.8 Å². The molecule has 3 rings (SSSR count). The van der Waals surface area contributed by atoms with Gasteiger partial charge in [0.1, 0.15) is 17.1 Å². The molecule has 2 heterocycles. The lowest BCUT2D eigenvalue weighted by molar-refractivity contribution is 0.102. The fourth-order valence-corrected chi connectivity index (χ4v) is 3.17. The minimum atomic E-state index is -0.216. The summed E-state index contributed by atoms with van der Waals surface area (Å²) in [5.74, 6) is 0.308. The van der Waals surface area contributed by atoms with Crippen LogP contribution in [0.1, 0.15) is 40.7 Å². The molecule has 0 radical (unpaired) electrons. The van der Waals surface area contributed by atoms with E-state index in [1.165, 1.54) is 0 Å². The van der Waals surface area contributed by atoms with Crippen LogP contribution >= 0.6 is 11.6 Å². The lowest BCUT2D eigenvalue weighted by Crippen LogP contribution is -2.17. The number of hydrogen-bond acceptors (Lipinski definition) is 3. The van der Waals surface area contributed by atoms with Crippen molar-refractivity contribution in [1.82, 2.24) is 9.38 Å². The van der Waals surface area contributed by atoms with Gasteiger partial charge in [0, 0.05) is 17.3 Å². The minimum Gasteiger partial charge on any atom is -0.495 e. The fourth-order valence-electron chi connectivity index (χ4n) is 3.01. The second-order valence-corrected chi connectivity index (χ2v) is 6.70. The highest BCUT2D eigenvalue weighted by Crippen LogP contribution is 2.31. The SMILES string of the molecule is CCCc1nc2c(C)cccn2c1C(=O)Nc1cc(C)c(Cl)cc1OC. The molecule has 0 bridgehead atoms. The van der Waals surface area contributed by atoms with Crippen LogP contribution in [0.2, 0.25) is 5.02 Å². The predicted molar refractivity (Wildman–Crippen MR) is 105 cm³/mol. The van der Waals surface area contributed by atoms with Crippen LogP contribution < -0.4 is 10.1 Å². The number of methoxy groups -OCH3 is 1. The molecular weight excluding hydrogens is 350 g/mol. The van der Waals surface area contributed by atoms with Gasteiger partial charge in [-0.15, -0.1) is 0 Å². The van der Waals surface area contributed by atoms with E-state index in [1.54, 1.807) is 13.2 Å². The second-order valence-electron chi connectivity index (χ2n) is 6.30. The lowest BCUT2D eigenvalue weighted by atomic mass is 10.1. The van der Waals surface area contributed by atoms with E-state index in [2.05, 4.69) is 17.2 Å². The van der Waals surface area contributed by atoms with Gasteiger partial charge in [0.25, 0.3) is 5.91 Å². The van der Waals surface area contributed by atoms with E-state index in [9.17, 15) is 4.79 Å². The van der Waals surface area contributed by atoms with E-state index in [4.69, 9.17) is 16.3 Å². The zero-order chi connectivity index (χ0) is 18.8. The molecule has 0 unspecified atom stereocenters.